The SMILES string of the molecule is Cc1nn(Cc2ccccc2C(=O)NNC(=S)Nc2cccc3ccccc23)c(C)c1[N+](=O)[O-]. The third kappa shape index (κ3) is 4.71. The first kappa shape index (κ1) is 22.9. The van der Waals surface area contributed by atoms with Crippen LogP contribution in [0.25, 0.3) is 10.8 Å². The van der Waals surface area contributed by atoms with Gasteiger partial charge >= 0.3 is 5.69 Å². The molecule has 3 N–H and O–H groups in total. The van der Waals surface area contributed by atoms with Gasteiger partial charge < -0.3 is 5.32 Å². The summed E-state index contributed by atoms with van der Waals surface area (Å²) in [4.78, 5) is 23.7. The van der Waals surface area contributed by atoms with Crippen molar-refractivity contribution in [2.24, 2.45) is 0 Å². The molecule has 10 heteroatoms. The summed E-state index contributed by atoms with van der Waals surface area (Å²) in [5.74, 6) is -0.395. The first-order valence-corrected chi connectivity index (χ1v) is 10.9. The second kappa shape index (κ2) is 9.67. The van der Waals surface area contributed by atoms with Crippen LogP contribution >= 0.6 is 12.2 Å². The third-order valence-electron chi connectivity index (χ3n) is 5.44. The van der Waals surface area contributed by atoms with Crippen LogP contribution in [0.4, 0.5) is 11.4 Å². The second-order valence-electron chi connectivity index (χ2n) is 7.65. The molecule has 0 aliphatic heterocycles. The van der Waals surface area contributed by atoms with Crippen molar-refractivity contribution in [2.45, 2.75) is 20.4 Å². The number of hydrazine groups is 1. The Bertz CT molecular complexity index is 1410. The van der Waals surface area contributed by atoms with E-state index in [1.807, 2.05) is 42.5 Å². The standard InChI is InChI=1S/C24H22N6O3S/c1-15-22(30(32)33)16(2)29(28-15)14-18-9-4-6-12-20(18)23(31)26-27-24(34)25-21-13-7-10-17-8-3-5-11-19(17)21/h3-13H,14H2,1-2H3,(H,26,31)(H2,25,27,34). The number of nitrogens with zero attached hydrogens (tertiary/aromatic N) is 3. The van der Waals surface area contributed by atoms with Crippen LogP contribution in [0, 0.1) is 24.0 Å². The fourth-order valence-corrected chi connectivity index (χ4v) is 3.98. The van der Waals surface area contributed by atoms with Crippen molar-refractivity contribution in [1.29, 1.82) is 0 Å². The molecule has 4 rings (SSSR count). The Labute approximate surface area is 200 Å². The van der Waals surface area contributed by atoms with Gasteiger partial charge in [-0.05, 0) is 49.1 Å². The summed E-state index contributed by atoms with van der Waals surface area (Å²) < 4.78 is 1.53. The number of amides is 1. The van der Waals surface area contributed by atoms with Crippen LogP contribution in [-0.2, 0) is 6.54 Å². The van der Waals surface area contributed by atoms with Gasteiger partial charge in [0.25, 0.3) is 5.91 Å². The smallest absolute Gasteiger partial charge is 0.312 e. The lowest BCUT2D eigenvalue weighted by Crippen LogP contribution is -2.44. The average Bonchev–Trinajstić information content (AvgIpc) is 3.10. The van der Waals surface area contributed by atoms with Gasteiger partial charge in [0.1, 0.15) is 11.4 Å². The van der Waals surface area contributed by atoms with E-state index in [-0.39, 0.29) is 17.3 Å². The molecule has 172 valence electrons. The van der Waals surface area contributed by atoms with Gasteiger partial charge in [-0.2, -0.15) is 5.10 Å². The number of aryl methyl sites for hydroxylation is 1. The number of thiocarbonyl (C=S) groups is 1. The molecule has 3 aromatic carbocycles. The molecule has 9 nitrogen and oxygen atoms in total. The summed E-state index contributed by atoms with van der Waals surface area (Å²) in [7, 11) is 0. The van der Waals surface area contributed by atoms with E-state index in [1.54, 1.807) is 38.1 Å². The maximum absolute atomic E-state index is 12.9. The number of carbonyl (C=O) groups is 1. The maximum Gasteiger partial charge on any atom is 0.312 e. The zero-order valence-corrected chi connectivity index (χ0v) is 19.3. The van der Waals surface area contributed by atoms with E-state index in [1.165, 1.54) is 4.68 Å². The minimum atomic E-state index is -0.444. The van der Waals surface area contributed by atoms with Gasteiger partial charge in [-0.15, -0.1) is 0 Å². The molecule has 0 bridgehead atoms. The Kier molecular flexibility index (Phi) is 6.51. The molecule has 0 atom stereocenters. The van der Waals surface area contributed by atoms with Gasteiger partial charge in [-0.3, -0.25) is 30.4 Å². The molecule has 1 aromatic heterocycles. The number of hydrogen-bond acceptors (Lipinski definition) is 5. The van der Waals surface area contributed by atoms with Crippen LogP contribution in [0.1, 0.15) is 27.3 Å². The van der Waals surface area contributed by atoms with E-state index < -0.39 is 10.8 Å². The Morgan fingerprint density at radius 3 is 2.50 bits per heavy atom. The quantitative estimate of drug-likeness (QED) is 0.225. The van der Waals surface area contributed by atoms with E-state index >= 15 is 0 Å². The summed E-state index contributed by atoms with van der Waals surface area (Å²) >= 11 is 5.35. The number of aromatic nitrogens is 2. The molecule has 4 aromatic rings. The van der Waals surface area contributed by atoms with Crippen molar-refractivity contribution < 1.29 is 9.72 Å². The van der Waals surface area contributed by atoms with E-state index in [0.717, 1.165) is 16.5 Å². The van der Waals surface area contributed by atoms with Gasteiger partial charge in [-0.1, -0.05) is 54.6 Å². The highest BCUT2D eigenvalue weighted by Crippen LogP contribution is 2.24. The molecular weight excluding hydrogens is 452 g/mol. The molecule has 0 fully saturated rings. The molecule has 0 unspecified atom stereocenters. The highest BCUT2D eigenvalue weighted by Gasteiger charge is 2.22. The molecular formula is C24H22N6O3S. The summed E-state index contributed by atoms with van der Waals surface area (Å²) in [5, 5.41) is 21.0. The van der Waals surface area contributed by atoms with E-state index in [4.69, 9.17) is 12.2 Å². The molecule has 1 amide bonds. The van der Waals surface area contributed by atoms with Crippen LogP contribution in [0.5, 0.6) is 0 Å². The van der Waals surface area contributed by atoms with Crippen LogP contribution in [0.3, 0.4) is 0 Å². The van der Waals surface area contributed by atoms with Crippen molar-refractivity contribution in [3.8, 4) is 0 Å². The van der Waals surface area contributed by atoms with E-state index in [2.05, 4.69) is 21.3 Å². The topological polar surface area (TPSA) is 114 Å². The van der Waals surface area contributed by atoms with Gasteiger partial charge in [0.15, 0.2) is 5.11 Å². The number of hydrogen-bond donors (Lipinski definition) is 3. The number of anilines is 1. The predicted molar refractivity (Wildman–Crippen MR) is 135 cm³/mol. The monoisotopic (exact) mass is 474 g/mol. The number of nitrogens with one attached hydrogen (secondary N) is 3. The van der Waals surface area contributed by atoms with Crippen molar-refractivity contribution >= 4 is 45.4 Å². The molecule has 0 saturated heterocycles. The van der Waals surface area contributed by atoms with E-state index in [9.17, 15) is 14.9 Å². The lowest BCUT2D eigenvalue weighted by molar-refractivity contribution is -0.386. The van der Waals surface area contributed by atoms with Crippen LogP contribution < -0.4 is 16.2 Å². The van der Waals surface area contributed by atoms with Crippen LogP contribution in [0.2, 0.25) is 0 Å². The zero-order chi connectivity index (χ0) is 24.2. The number of fused-ring (bicyclic) bond motifs is 1. The Morgan fingerprint density at radius 2 is 1.74 bits per heavy atom. The number of rotatable bonds is 5. The lowest BCUT2D eigenvalue weighted by atomic mass is 10.1. The summed E-state index contributed by atoms with van der Waals surface area (Å²) in [6.07, 6.45) is 0. The Hall–Kier alpha value is -4.31. The molecule has 34 heavy (non-hydrogen) atoms. The lowest BCUT2D eigenvalue weighted by Gasteiger charge is -2.15. The molecule has 0 saturated carbocycles. The Balaban J connectivity index is 1.46. The zero-order valence-electron chi connectivity index (χ0n) is 18.5. The highest BCUT2D eigenvalue weighted by molar-refractivity contribution is 7.80. The molecule has 0 spiro atoms. The highest BCUT2D eigenvalue weighted by atomic mass is 32.1. The molecule has 0 aliphatic rings. The van der Waals surface area contributed by atoms with E-state index in [0.29, 0.717) is 22.5 Å². The van der Waals surface area contributed by atoms with Gasteiger partial charge in [0.2, 0.25) is 0 Å². The summed E-state index contributed by atoms with van der Waals surface area (Å²) in [6, 6.07) is 20.7. The van der Waals surface area contributed by atoms with Gasteiger partial charge in [0, 0.05) is 16.6 Å². The van der Waals surface area contributed by atoms with Gasteiger partial charge in [0.05, 0.1) is 11.5 Å². The fourth-order valence-electron chi connectivity index (χ4n) is 3.82. The van der Waals surface area contributed by atoms with Gasteiger partial charge in [-0.25, -0.2) is 0 Å². The molecule has 0 aliphatic carbocycles. The second-order valence-corrected chi connectivity index (χ2v) is 8.06. The molecule has 0 radical (unpaired) electrons. The predicted octanol–water partition coefficient (Wildman–Crippen LogP) is 4.24. The Morgan fingerprint density at radius 1 is 1.03 bits per heavy atom. The normalized spacial score (nSPS) is 10.6. The minimum Gasteiger partial charge on any atom is -0.331 e. The summed E-state index contributed by atoms with van der Waals surface area (Å²) in [6.45, 7) is 3.44. The maximum atomic E-state index is 12.9. The first-order valence-electron chi connectivity index (χ1n) is 10.5. The van der Waals surface area contributed by atoms with Crippen molar-refractivity contribution in [1.82, 2.24) is 20.6 Å². The third-order valence-corrected chi connectivity index (χ3v) is 5.64. The average molecular weight is 475 g/mol. The van der Waals surface area contributed by atoms with Crippen molar-refractivity contribution in [3.05, 3.63) is 99.4 Å². The number of benzene rings is 3. The molecule has 1 heterocycles. The minimum absolute atomic E-state index is 0.0199. The fraction of sp³-hybridized carbons (Fsp3) is 0.125. The van der Waals surface area contributed by atoms with Crippen molar-refractivity contribution in [3.63, 3.8) is 0 Å². The summed E-state index contributed by atoms with van der Waals surface area (Å²) in [5.41, 5.74) is 7.96. The van der Waals surface area contributed by atoms with Crippen molar-refractivity contribution in [2.75, 3.05) is 5.32 Å². The van der Waals surface area contributed by atoms with Crippen LogP contribution in [0.15, 0.2) is 66.7 Å². The largest absolute Gasteiger partial charge is 0.331 e. The first-order chi connectivity index (χ1) is 16.3. The van der Waals surface area contributed by atoms with Crippen LogP contribution in [-0.4, -0.2) is 25.7 Å². The number of carbonyl (C=O) groups excluding carboxylic acids is 1. The number of nitro groups is 1.